The molecule has 1 N–H and O–H groups in total. The minimum atomic E-state index is 0.746. The van der Waals surface area contributed by atoms with Crippen LogP contribution in [0.15, 0.2) is 0 Å². The van der Waals surface area contributed by atoms with Crippen molar-refractivity contribution in [3.05, 3.63) is 0 Å². The fourth-order valence-electron chi connectivity index (χ4n) is 3.08. The Morgan fingerprint density at radius 3 is 2.31 bits per heavy atom. The summed E-state index contributed by atoms with van der Waals surface area (Å²) in [5.74, 6) is 0.959. The molecule has 1 nitrogen and oxygen atoms in total. The monoisotopic (exact) mass is 225 g/mol. The largest absolute Gasteiger partial charge is 0.311 e. The zero-order valence-electron chi connectivity index (χ0n) is 11.6. The molecule has 1 rings (SSSR count). The smallest absolute Gasteiger partial charge is 0.00695 e. The zero-order chi connectivity index (χ0) is 11.8. The number of nitrogens with one attached hydrogen (secondary N) is 1. The second-order valence-electron chi connectivity index (χ2n) is 5.63. The van der Waals surface area contributed by atoms with Gasteiger partial charge >= 0.3 is 0 Å². The van der Waals surface area contributed by atoms with Gasteiger partial charge in [0.1, 0.15) is 0 Å². The van der Waals surface area contributed by atoms with Gasteiger partial charge in [-0.05, 0) is 38.5 Å². The van der Waals surface area contributed by atoms with E-state index in [0.717, 1.165) is 18.0 Å². The van der Waals surface area contributed by atoms with Crippen LogP contribution in [-0.4, -0.2) is 12.1 Å². The van der Waals surface area contributed by atoms with E-state index in [1.54, 1.807) is 0 Å². The zero-order valence-corrected chi connectivity index (χ0v) is 11.6. The van der Waals surface area contributed by atoms with Crippen LogP contribution in [0, 0.1) is 5.92 Å². The third-order valence-electron chi connectivity index (χ3n) is 4.15. The number of unbranched alkanes of at least 4 members (excludes halogenated alkanes) is 1. The van der Waals surface area contributed by atoms with E-state index in [-0.39, 0.29) is 0 Å². The molecule has 16 heavy (non-hydrogen) atoms. The number of hydrogen-bond donors (Lipinski definition) is 1. The van der Waals surface area contributed by atoms with Crippen molar-refractivity contribution in [1.82, 2.24) is 5.32 Å². The maximum absolute atomic E-state index is 3.89. The van der Waals surface area contributed by atoms with E-state index in [0.29, 0.717) is 0 Å². The summed E-state index contributed by atoms with van der Waals surface area (Å²) in [5.41, 5.74) is 0. The molecule has 0 bridgehead atoms. The minimum Gasteiger partial charge on any atom is -0.311 e. The van der Waals surface area contributed by atoms with E-state index in [1.165, 1.54) is 57.8 Å². The fourth-order valence-corrected chi connectivity index (χ4v) is 3.08. The van der Waals surface area contributed by atoms with Crippen molar-refractivity contribution in [3.63, 3.8) is 0 Å². The van der Waals surface area contributed by atoms with Crippen LogP contribution in [0.3, 0.4) is 0 Å². The first kappa shape index (κ1) is 14.0. The maximum atomic E-state index is 3.89. The Hall–Kier alpha value is -0.0400. The van der Waals surface area contributed by atoms with Crippen LogP contribution in [0.1, 0.15) is 78.6 Å². The van der Waals surface area contributed by atoms with Crippen molar-refractivity contribution >= 4 is 0 Å². The van der Waals surface area contributed by atoms with E-state index >= 15 is 0 Å². The van der Waals surface area contributed by atoms with Gasteiger partial charge in [0, 0.05) is 12.1 Å². The lowest BCUT2D eigenvalue weighted by Crippen LogP contribution is -2.40. The van der Waals surface area contributed by atoms with Gasteiger partial charge in [-0.2, -0.15) is 0 Å². The van der Waals surface area contributed by atoms with E-state index in [2.05, 4.69) is 26.1 Å². The molecule has 0 aromatic rings. The molecule has 0 spiro atoms. The van der Waals surface area contributed by atoms with E-state index in [1.807, 2.05) is 0 Å². The van der Waals surface area contributed by atoms with Crippen LogP contribution in [0.4, 0.5) is 0 Å². The molecule has 0 aromatic carbocycles. The summed E-state index contributed by atoms with van der Waals surface area (Å²) >= 11 is 0. The molecular formula is C15H31N. The van der Waals surface area contributed by atoms with Gasteiger partial charge in [0.2, 0.25) is 0 Å². The molecule has 0 aliphatic heterocycles. The van der Waals surface area contributed by atoms with Crippen LogP contribution in [0.2, 0.25) is 0 Å². The molecule has 0 amide bonds. The highest BCUT2D eigenvalue weighted by Gasteiger charge is 2.22. The molecule has 1 aliphatic rings. The van der Waals surface area contributed by atoms with Crippen LogP contribution in [-0.2, 0) is 0 Å². The van der Waals surface area contributed by atoms with Crippen LogP contribution in [0.25, 0.3) is 0 Å². The van der Waals surface area contributed by atoms with Gasteiger partial charge < -0.3 is 5.32 Å². The first-order valence-corrected chi connectivity index (χ1v) is 7.54. The molecule has 2 atom stereocenters. The maximum Gasteiger partial charge on any atom is 0.00695 e. The van der Waals surface area contributed by atoms with E-state index in [9.17, 15) is 0 Å². The molecule has 2 unspecified atom stereocenters. The predicted molar refractivity (Wildman–Crippen MR) is 72.8 cm³/mol. The SMILES string of the molecule is CCCCC(CCC)NC(C)C1CCCC1. The van der Waals surface area contributed by atoms with Gasteiger partial charge in [-0.3, -0.25) is 0 Å². The summed E-state index contributed by atoms with van der Waals surface area (Å²) in [7, 11) is 0. The Morgan fingerprint density at radius 2 is 1.75 bits per heavy atom. The van der Waals surface area contributed by atoms with Gasteiger partial charge in [-0.1, -0.05) is 46.0 Å². The Morgan fingerprint density at radius 1 is 1.06 bits per heavy atom. The van der Waals surface area contributed by atoms with Crippen molar-refractivity contribution < 1.29 is 0 Å². The van der Waals surface area contributed by atoms with Crippen molar-refractivity contribution in [2.24, 2.45) is 5.92 Å². The Bertz CT molecular complexity index is 161. The van der Waals surface area contributed by atoms with Crippen molar-refractivity contribution in [2.75, 3.05) is 0 Å². The first-order valence-electron chi connectivity index (χ1n) is 7.54. The highest BCUT2D eigenvalue weighted by atomic mass is 14.9. The second-order valence-corrected chi connectivity index (χ2v) is 5.63. The molecule has 0 heterocycles. The molecule has 0 aromatic heterocycles. The molecule has 1 fully saturated rings. The standard InChI is InChI=1S/C15H31N/c1-4-6-12-15(9-5-2)16-13(3)14-10-7-8-11-14/h13-16H,4-12H2,1-3H3. The molecule has 1 saturated carbocycles. The van der Waals surface area contributed by atoms with E-state index < -0.39 is 0 Å². The molecule has 1 aliphatic carbocycles. The Labute approximate surface area is 102 Å². The highest BCUT2D eigenvalue weighted by molar-refractivity contribution is 4.80. The third-order valence-corrected chi connectivity index (χ3v) is 4.15. The fraction of sp³-hybridized carbons (Fsp3) is 1.00. The Kier molecular flexibility index (Phi) is 7.11. The number of hydrogen-bond acceptors (Lipinski definition) is 1. The predicted octanol–water partition coefficient (Wildman–Crippen LogP) is 4.51. The van der Waals surface area contributed by atoms with Crippen molar-refractivity contribution in [2.45, 2.75) is 90.6 Å². The summed E-state index contributed by atoms with van der Waals surface area (Å²) in [6.07, 6.45) is 12.6. The highest BCUT2D eigenvalue weighted by Crippen LogP contribution is 2.28. The molecule has 0 radical (unpaired) electrons. The van der Waals surface area contributed by atoms with Crippen molar-refractivity contribution in [3.8, 4) is 0 Å². The van der Waals surface area contributed by atoms with Gasteiger partial charge in [0.15, 0.2) is 0 Å². The summed E-state index contributed by atoms with van der Waals surface area (Å²) in [6.45, 7) is 7.01. The molecule has 96 valence electrons. The van der Waals surface area contributed by atoms with E-state index in [4.69, 9.17) is 0 Å². The summed E-state index contributed by atoms with van der Waals surface area (Å²) in [6, 6.07) is 1.52. The summed E-state index contributed by atoms with van der Waals surface area (Å²) < 4.78 is 0. The van der Waals surface area contributed by atoms with Crippen LogP contribution in [0.5, 0.6) is 0 Å². The average molecular weight is 225 g/mol. The topological polar surface area (TPSA) is 12.0 Å². The quantitative estimate of drug-likeness (QED) is 0.640. The van der Waals surface area contributed by atoms with Crippen LogP contribution >= 0.6 is 0 Å². The normalized spacial score (nSPS) is 21.2. The second kappa shape index (κ2) is 8.11. The lowest BCUT2D eigenvalue weighted by Gasteiger charge is -2.27. The van der Waals surface area contributed by atoms with Gasteiger partial charge in [-0.25, -0.2) is 0 Å². The molecule has 0 saturated heterocycles. The van der Waals surface area contributed by atoms with Crippen molar-refractivity contribution in [1.29, 1.82) is 0 Å². The van der Waals surface area contributed by atoms with Gasteiger partial charge in [0.25, 0.3) is 0 Å². The summed E-state index contributed by atoms with van der Waals surface area (Å²) in [5, 5.41) is 3.89. The lowest BCUT2D eigenvalue weighted by atomic mass is 9.96. The molecule has 1 heteroatoms. The number of rotatable bonds is 8. The third kappa shape index (κ3) is 4.86. The van der Waals surface area contributed by atoms with Crippen LogP contribution < -0.4 is 5.32 Å². The molecular weight excluding hydrogens is 194 g/mol. The average Bonchev–Trinajstić information content (AvgIpc) is 2.79. The van der Waals surface area contributed by atoms with Gasteiger partial charge in [-0.15, -0.1) is 0 Å². The minimum absolute atomic E-state index is 0.746. The Balaban J connectivity index is 2.27. The summed E-state index contributed by atoms with van der Waals surface area (Å²) in [4.78, 5) is 0. The first-order chi connectivity index (χ1) is 7.77. The lowest BCUT2D eigenvalue weighted by molar-refractivity contribution is 0.316. The van der Waals surface area contributed by atoms with Gasteiger partial charge in [0.05, 0.1) is 0 Å².